The first-order valence-corrected chi connectivity index (χ1v) is 8.95. The van der Waals surface area contributed by atoms with E-state index in [1.807, 2.05) is 13.0 Å². The molecule has 0 saturated carbocycles. The molecule has 6 heteroatoms. The number of aryl methyl sites for hydroxylation is 1. The summed E-state index contributed by atoms with van der Waals surface area (Å²) in [4.78, 5) is 11.4. The van der Waals surface area contributed by atoms with Crippen molar-refractivity contribution in [1.82, 2.24) is 9.97 Å². The third-order valence-electron chi connectivity index (χ3n) is 4.30. The minimum atomic E-state index is 0.615. The van der Waals surface area contributed by atoms with Crippen LogP contribution < -0.4 is 15.5 Å². The van der Waals surface area contributed by atoms with Gasteiger partial charge in [0.2, 0.25) is 5.95 Å². The summed E-state index contributed by atoms with van der Waals surface area (Å²) in [6, 6.07) is 10.5. The number of nitrogens with one attached hydrogen (secondary N) is 2. The Morgan fingerprint density at radius 2 is 1.84 bits per heavy atom. The second kappa shape index (κ2) is 8.67. The molecule has 2 heterocycles. The first kappa shape index (κ1) is 17.5. The Balaban J connectivity index is 1.65. The lowest BCUT2D eigenvalue weighted by Crippen LogP contribution is -2.29. The second-order valence-corrected chi connectivity index (χ2v) is 6.36. The third-order valence-corrected chi connectivity index (χ3v) is 4.30. The largest absolute Gasteiger partial charge is 0.383 e. The van der Waals surface area contributed by atoms with E-state index < -0.39 is 0 Å². The van der Waals surface area contributed by atoms with Gasteiger partial charge >= 0.3 is 0 Å². The standard InChI is InChI=1S/C19H27N5O/c1-15-14-18(23-19(21-15)20-10-13-25-2)22-16-6-8-17(9-7-16)24-11-4-3-5-12-24/h6-9,14H,3-5,10-13H2,1-2H3,(H2,20,21,22,23). The minimum Gasteiger partial charge on any atom is -0.383 e. The van der Waals surface area contributed by atoms with E-state index in [4.69, 9.17) is 4.74 Å². The predicted molar refractivity (Wildman–Crippen MR) is 103 cm³/mol. The molecule has 0 spiro atoms. The van der Waals surface area contributed by atoms with Crippen LogP contribution in [0.15, 0.2) is 30.3 Å². The van der Waals surface area contributed by atoms with Crippen LogP contribution in [0, 0.1) is 6.92 Å². The summed E-state index contributed by atoms with van der Waals surface area (Å²) in [5.41, 5.74) is 3.25. The van der Waals surface area contributed by atoms with Crippen LogP contribution >= 0.6 is 0 Å². The lowest BCUT2D eigenvalue weighted by molar-refractivity contribution is 0.210. The van der Waals surface area contributed by atoms with Crippen molar-refractivity contribution >= 4 is 23.1 Å². The maximum atomic E-state index is 5.04. The molecular formula is C19H27N5O. The van der Waals surface area contributed by atoms with E-state index in [1.165, 1.54) is 24.9 Å². The molecule has 134 valence electrons. The molecule has 1 aliphatic rings. The fourth-order valence-corrected chi connectivity index (χ4v) is 3.03. The molecule has 1 saturated heterocycles. The molecule has 1 fully saturated rings. The Morgan fingerprint density at radius 1 is 1.08 bits per heavy atom. The van der Waals surface area contributed by atoms with Gasteiger partial charge in [-0.05, 0) is 50.5 Å². The van der Waals surface area contributed by atoms with Gasteiger partial charge in [0.15, 0.2) is 0 Å². The summed E-state index contributed by atoms with van der Waals surface area (Å²) in [6.45, 7) is 5.60. The summed E-state index contributed by atoms with van der Waals surface area (Å²) in [5, 5.41) is 6.54. The molecule has 0 bridgehead atoms. The molecule has 1 aromatic carbocycles. The smallest absolute Gasteiger partial charge is 0.224 e. The van der Waals surface area contributed by atoms with Gasteiger partial charge in [-0.2, -0.15) is 4.98 Å². The zero-order valence-electron chi connectivity index (χ0n) is 15.1. The Kier molecular flexibility index (Phi) is 6.06. The van der Waals surface area contributed by atoms with E-state index in [-0.39, 0.29) is 0 Å². The van der Waals surface area contributed by atoms with Crippen LogP contribution in [0.3, 0.4) is 0 Å². The molecule has 6 nitrogen and oxygen atoms in total. The molecule has 2 aromatic rings. The van der Waals surface area contributed by atoms with Crippen LogP contribution in [0.1, 0.15) is 25.0 Å². The van der Waals surface area contributed by atoms with Gasteiger partial charge in [-0.3, -0.25) is 0 Å². The van der Waals surface area contributed by atoms with Crippen molar-refractivity contribution < 1.29 is 4.74 Å². The normalized spacial score (nSPS) is 14.4. The first-order chi connectivity index (χ1) is 12.2. The quantitative estimate of drug-likeness (QED) is 0.751. The number of piperidine rings is 1. The molecule has 0 atom stereocenters. The van der Waals surface area contributed by atoms with Crippen molar-refractivity contribution in [2.24, 2.45) is 0 Å². The van der Waals surface area contributed by atoms with Crippen LogP contribution in [0.4, 0.5) is 23.1 Å². The maximum Gasteiger partial charge on any atom is 0.224 e. The van der Waals surface area contributed by atoms with Gasteiger partial charge in [0, 0.05) is 49.9 Å². The van der Waals surface area contributed by atoms with Crippen LogP contribution in [0.5, 0.6) is 0 Å². The highest BCUT2D eigenvalue weighted by atomic mass is 16.5. The average Bonchev–Trinajstić information content (AvgIpc) is 2.63. The van der Waals surface area contributed by atoms with E-state index in [9.17, 15) is 0 Å². The van der Waals surface area contributed by atoms with Crippen molar-refractivity contribution in [3.05, 3.63) is 36.0 Å². The SMILES string of the molecule is COCCNc1nc(C)cc(Nc2ccc(N3CCCCC3)cc2)n1. The highest BCUT2D eigenvalue weighted by Gasteiger charge is 2.10. The molecule has 1 aromatic heterocycles. The summed E-state index contributed by atoms with van der Waals surface area (Å²) >= 11 is 0. The number of hydrogen-bond acceptors (Lipinski definition) is 6. The number of anilines is 4. The van der Waals surface area contributed by atoms with Crippen molar-refractivity contribution in [3.63, 3.8) is 0 Å². The van der Waals surface area contributed by atoms with E-state index >= 15 is 0 Å². The highest BCUT2D eigenvalue weighted by molar-refractivity contribution is 5.61. The fraction of sp³-hybridized carbons (Fsp3) is 0.474. The maximum absolute atomic E-state index is 5.04. The Morgan fingerprint density at radius 3 is 2.56 bits per heavy atom. The average molecular weight is 341 g/mol. The number of methoxy groups -OCH3 is 1. The number of aromatic nitrogens is 2. The Labute approximate surface area is 149 Å². The van der Waals surface area contributed by atoms with E-state index in [2.05, 4.69) is 49.8 Å². The number of benzene rings is 1. The van der Waals surface area contributed by atoms with Crippen molar-refractivity contribution in [1.29, 1.82) is 0 Å². The number of ether oxygens (including phenoxy) is 1. The first-order valence-electron chi connectivity index (χ1n) is 8.95. The number of hydrogen-bond donors (Lipinski definition) is 2. The van der Waals surface area contributed by atoms with Gasteiger partial charge in [-0.1, -0.05) is 0 Å². The van der Waals surface area contributed by atoms with Crippen LogP contribution in [-0.2, 0) is 4.74 Å². The summed E-state index contributed by atoms with van der Waals surface area (Å²) in [6.07, 6.45) is 3.93. The topological polar surface area (TPSA) is 62.3 Å². The van der Waals surface area contributed by atoms with Gasteiger partial charge in [0.25, 0.3) is 0 Å². The summed E-state index contributed by atoms with van der Waals surface area (Å²) < 4.78 is 5.04. The van der Waals surface area contributed by atoms with Gasteiger partial charge in [0.05, 0.1) is 6.61 Å². The second-order valence-electron chi connectivity index (χ2n) is 6.36. The van der Waals surface area contributed by atoms with Crippen LogP contribution in [0.25, 0.3) is 0 Å². The third kappa shape index (κ3) is 5.06. The molecule has 1 aliphatic heterocycles. The van der Waals surface area contributed by atoms with E-state index in [0.717, 1.165) is 30.3 Å². The molecule has 0 amide bonds. The fourth-order valence-electron chi connectivity index (χ4n) is 3.03. The molecule has 0 aliphatic carbocycles. The number of rotatable bonds is 7. The molecule has 25 heavy (non-hydrogen) atoms. The van der Waals surface area contributed by atoms with Gasteiger partial charge in [-0.25, -0.2) is 4.98 Å². The molecule has 0 unspecified atom stereocenters. The summed E-state index contributed by atoms with van der Waals surface area (Å²) in [5.74, 6) is 1.41. The molecule has 2 N–H and O–H groups in total. The lowest BCUT2D eigenvalue weighted by Gasteiger charge is -2.28. The van der Waals surface area contributed by atoms with Crippen molar-refractivity contribution in [3.8, 4) is 0 Å². The predicted octanol–water partition coefficient (Wildman–Crippen LogP) is 3.58. The molecular weight excluding hydrogens is 314 g/mol. The van der Waals surface area contributed by atoms with E-state index in [0.29, 0.717) is 19.1 Å². The van der Waals surface area contributed by atoms with Gasteiger partial charge in [0.1, 0.15) is 5.82 Å². The summed E-state index contributed by atoms with van der Waals surface area (Å²) in [7, 11) is 1.68. The van der Waals surface area contributed by atoms with Crippen molar-refractivity contribution in [2.75, 3.05) is 48.9 Å². The van der Waals surface area contributed by atoms with Crippen LogP contribution in [0.2, 0.25) is 0 Å². The van der Waals surface area contributed by atoms with Gasteiger partial charge < -0.3 is 20.3 Å². The van der Waals surface area contributed by atoms with Gasteiger partial charge in [-0.15, -0.1) is 0 Å². The zero-order valence-corrected chi connectivity index (χ0v) is 15.1. The highest BCUT2D eigenvalue weighted by Crippen LogP contribution is 2.23. The molecule has 3 rings (SSSR count). The molecule has 0 radical (unpaired) electrons. The monoisotopic (exact) mass is 341 g/mol. The van der Waals surface area contributed by atoms with E-state index in [1.54, 1.807) is 7.11 Å². The van der Waals surface area contributed by atoms with Crippen molar-refractivity contribution in [2.45, 2.75) is 26.2 Å². The number of nitrogens with zero attached hydrogens (tertiary/aromatic N) is 3. The van der Waals surface area contributed by atoms with Crippen LogP contribution in [-0.4, -0.2) is 43.3 Å². The Hall–Kier alpha value is -2.34. The lowest BCUT2D eigenvalue weighted by atomic mass is 10.1. The zero-order chi connectivity index (χ0) is 17.5. The Bertz CT molecular complexity index is 668. The minimum absolute atomic E-state index is 0.615.